The molecule has 63 heavy (non-hydrogen) atoms. The van der Waals surface area contributed by atoms with Crippen LogP contribution in [-0.4, -0.2) is 0 Å². The van der Waals surface area contributed by atoms with Crippen LogP contribution < -0.4 is 4.90 Å². The zero-order valence-electron chi connectivity index (χ0n) is 34.4. The van der Waals surface area contributed by atoms with E-state index in [1.54, 1.807) is 0 Å². The lowest BCUT2D eigenvalue weighted by Crippen LogP contribution is -2.28. The highest BCUT2D eigenvalue weighted by molar-refractivity contribution is 6.24. The molecule has 1 heterocycles. The second kappa shape index (κ2) is 13.9. The molecule has 0 N–H and O–H groups in total. The Labute approximate surface area is 365 Å². The van der Waals surface area contributed by atoms with E-state index in [-0.39, 0.29) is 0 Å². The summed E-state index contributed by atoms with van der Waals surface area (Å²) in [6.45, 7) is 0. The minimum absolute atomic E-state index is 0.532. The number of nitrogens with zero attached hydrogens (tertiary/aromatic N) is 1. The first kappa shape index (κ1) is 35.5. The van der Waals surface area contributed by atoms with E-state index in [1.165, 1.54) is 71.3 Å². The minimum Gasteiger partial charge on any atom is -0.453 e. The van der Waals surface area contributed by atoms with Crippen LogP contribution in [0.3, 0.4) is 0 Å². The molecule has 2 nitrogen and oxygen atoms in total. The van der Waals surface area contributed by atoms with E-state index in [0.29, 0.717) is 0 Å². The van der Waals surface area contributed by atoms with Gasteiger partial charge in [0.2, 0.25) is 0 Å². The molecule has 0 atom stereocenters. The third kappa shape index (κ3) is 5.19. The van der Waals surface area contributed by atoms with Crippen molar-refractivity contribution in [2.75, 3.05) is 4.90 Å². The number of hydrogen-bond donors (Lipinski definition) is 0. The van der Waals surface area contributed by atoms with Gasteiger partial charge in [0.05, 0.1) is 11.1 Å². The minimum atomic E-state index is -0.532. The van der Waals surface area contributed by atoms with Crippen molar-refractivity contribution in [2.45, 2.75) is 5.41 Å². The van der Waals surface area contributed by atoms with Crippen LogP contribution in [0.25, 0.3) is 76.5 Å². The van der Waals surface area contributed by atoms with Gasteiger partial charge in [-0.25, -0.2) is 0 Å². The predicted octanol–water partition coefficient (Wildman–Crippen LogP) is 16.5. The largest absolute Gasteiger partial charge is 0.453 e. The fraction of sp³-hybridized carbons (Fsp3) is 0.0164. The van der Waals surface area contributed by atoms with Crippen LogP contribution >= 0.6 is 0 Å². The molecule has 1 aromatic heterocycles. The molecule has 0 amide bonds. The Morgan fingerprint density at radius 3 is 1.63 bits per heavy atom. The first-order valence-corrected chi connectivity index (χ1v) is 21.8. The maximum Gasteiger partial charge on any atom is 0.159 e. The van der Waals surface area contributed by atoms with Gasteiger partial charge in [0.15, 0.2) is 5.58 Å². The number of anilines is 3. The zero-order chi connectivity index (χ0) is 41.5. The van der Waals surface area contributed by atoms with Gasteiger partial charge < -0.3 is 9.32 Å². The van der Waals surface area contributed by atoms with Crippen LogP contribution in [0.15, 0.2) is 241 Å². The topological polar surface area (TPSA) is 16.4 Å². The van der Waals surface area contributed by atoms with E-state index in [0.717, 1.165) is 44.6 Å². The molecule has 11 aromatic carbocycles. The summed E-state index contributed by atoms with van der Waals surface area (Å²) in [5, 5.41) is 9.43. The predicted molar refractivity (Wildman–Crippen MR) is 264 cm³/mol. The molecular formula is C61H39NO. The Kier molecular flexibility index (Phi) is 7.85. The molecule has 294 valence electrons. The molecule has 0 radical (unpaired) electrons. The standard InChI is InChI=1S/C61H39NO/c1-4-21-42(22-5-1)61(43-23-6-2-7-24-43)55-33-17-16-31-50(55)51-36-35-45(39-56(51)61)62(44-25-8-3-9-26-44)57-34-18-32-52-54-38-41-20-11-13-28-47(41)58(60(54)63-59(52)57)53-37-40-19-10-12-27-46(40)48-29-14-15-30-49(48)53/h1-39H. The van der Waals surface area contributed by atoms with Gasteiger partial charge in [-0.3, -0.25) is 0 Å². The van der Waals surface area contributed by atoms with E-state index in [2.05, 4.69) is 241 Å². The lowest BCUT2D eigenvalue weighted by molar-refractivity contribution is 0.670. The van der Waals surface area contributed by atoms with Crippen molar-refractivity contribution >= 4 is 71.3 Å². The average Bonchev–Trinajstić information content (AvgIpc) is 3.88. The van der Waals surface area contributed by atoms with Crippen LogP contribution in [0, 0.1) is 0 Å². The lowest BCUT2D eigenvalue weighted by Gasteiger charge is -2.34. The summed E-state index contributed by atoms with van der Waals surface area (Å²) in [5.74, 6) is 0. The van der Waals surface area contributed by atoms with Gasteiger partial charge in [0, 0.05) is 27.7 Å². The summed E-state index contributed by atoms with van der Waals surface area (Å²) in [7, 11) is 0. The normalized spacial score (nSPS) is 12.9. The van der Waals surface area contributed by atoms with Crippen LogP contribution in [0.1, 0.15) is 22.3 Å². The van der Waals surface area contributed by atoms with Gasteiger partial charge in [0.1, 0.15) is 5.58 Å². The molecular weight excluding hydrogens is 763 g/mol. The van der Waals surface area contributed by atoms with Crippen molar-refractivity contribution in [1.82, 2.24) is 0 Å². The zero-order valence-corrected chi connectivity index (χ0v) is 34.4. The molecule has 0 bridgehead atoms. The van der Waals surface area contributed by atoms with Gasteiger partial charge in [-0.05, 0) is 114 Å². The van der Waals surface area contributed by atoms with Gasteiger partial charge in [-0.1, -0.05) is 194 Å². The quantitative estimate of drug-likeness (QED) is 0.156. The highest BCUT2D eigenvalue weighted by Gasteiger charge is 2.46. The molecule has 0 aliphatic heterocycles. The molecule has 0 saturated carbocycles. The number of para-hydroxylation sites is 2. The Hall–Kier alpha value is -8.20. The average molecular weight is 802 g/mol. The molecule has 0 unspecified atom stereocenters. The number of hydrogen-bond acceptors (Lipinski definition) is 2. The molecule has 0 fully saturated rings. The summed E-state index contributed by atoms with van der Waals surface area (Å²) in [5.41, 5.74) is 14.1. The fourth-order valence-electron chi connectivity index (χ4n) is 10.9. The molecule has 13 rings (SSSR count). The molecule has 1 aliphatic carbocycles. The molecule has 0 spiro atoms. The monoisotopic (exact) mass is 801 g/mol. The SMILES string of the molecule is c1ccc(N(c2ccc3c(c2)C(c2ccccc2)(c2ccccc2)c2ccccc2-3)c2cccc3c2oc2c(-c4cc5ccccc5c5ccccc45)c4ccccc4cc23)cc1. The fourth-order valence-corrected chi connectivity index (χ4v) is 10.9. The first-order valence-electron chi connectivity index (χ1n) is 21.8. The van der Waals surface area contributed by atoms with Gasteiger partial charge in [-0.15, -0.1) is 0 Å². The Balaban J connectivity index is 1.10. The second-order valence-electron chi connectivity index (χ2n) is 16.7. The van der Waals surface area contributed by atoms with E-state index >= 15 is 0 Å². The van der Waals surface area contributed by atoms with E-state index in [4.69, 9.17) is 4.42 Å². The molecule has 0 saturated heterocycles. The van der Waals surface area contributed by atoms with E-state index in [1.807, 2.05) is 0 Å². The van der Waals surface area contributed by atoms with E-state index < -0.39 is 5.41 Å². The smallest absolute Gasteiger partial charge is 0.159 e. The Bertz CT molecular complexity index is 3700. The van der Waals surface area contributed by atoms with Gasteiger partial charge in [-0.2, -0.15) is 0 Å². The summed E-state index contributed by atoms with van der Waals surface area (Å²) in [6.07, 6.45) is 0. The van der Waals surface area contributed by atoms with Crippen molar-refractivity contribution in [3.05, 3.63) is 259 Å². The van der Waals surface area contributed by atoms with Gasteiger partial charge in [0.25, 0.3) is 0 Å². The Morgan fingerprint density at radius 2 is 0.889 bits per heavy atom. The van der Waals surface area contributed by atoms with Crippen LogP contribution in [0.5, 0.6) is 0 Å². The molecule has 2 heteroatoms. The van der Waals surface area contributed by atoms with Crippen molar-refractivity contribution in [2.24, 2.45) is 0 Å². The van der Waals surface area contributed by atoms with Crippen LogP contribution in [0.4, 0.5) is 17.1 Å². The summed E-state index contributed by atoms with van der Waals surface area (Å²) in [6, 6.07) is 86.4. The molecule has 1 aliphatic rings. The third-order valence-corrected chi connectivity index (χ3v) is 13.5. The second-order valence-corrected chi connectivity index (χ2v) is 16.7. The van der Waals surface area contributed by atoms with Crippen molar-refractivity contribution in [3.8, 4) is 22.3 Å². The highest BCUT2D eigenvalue weighted by atomic mass is 16.3. The maximum absolute atomic E-state index is 7.44. The summed E-state index contributed by atoms with van der Waals surface area (Å²) >= 11 is 0. The number of fused-ring (bicyclic) bond motifs is 10. The van der Waals surface area contributed by atoms with Crippen LogP contribution in [-0.2, 0) is 5.41 Å². The van der Waals surface area contributed by atoms with Crippen molar-refractivity contribution in [1.29, 1.82) is 0 Å². The number of benzene rings is 11. The van der Waals surface area contributed by atoms with Crippen LogP contribution in [0.2, 0.25) is 0 Å². The summed E-state index contributed by atoms with van der Waals surface area (Å²) in [4.78, 5) is 2.39. The van der Waals surface area contributed by atoms with Crippen molar-refractivity contribution < 1.29 is 4.42 Å². The highest BCUT2D eigenvalue weighted by Crippen LogP contribution is 2.57. The van der Waals surface area contributed by atoms with Crippen molar-refractivity contribution in [3.63, 3.8) is 0 Å². The maximum atomic E-state index is 7.44. The van der Waals surface area contributed by atoms with E-state index in [9.17, 15) is 0 Å². The number of furan rings is 1. The number of rotatable bonds is 6. The third-order valence-electron chi connectivity index (χ3n) is 13.5. The van der Waals surface area contributed by atoms with Gasteiger partial charge >= 0.3 is 0 Å². The summed E-state index contributed by atoms with van der Waals surface area (Å²) < 4.78 is 7.44. The first-order chi connectivity index (χ1) is 31.3. The Morgan fingerprint density at radius 1 is 0.317 bits per heavy atom. The molecule has 12 aromatic rings. The lowest BCUT2D eigenvalue weighted by atomic mass is 9.67.